The van der Waals surface area contributed by atoms with Crippen molar-refractivity contribution in [3.63, 3.8) is 0 Å². The van der Waals surface area contributed by atoms with Gasteiger partial charge in [-0.15, -0.1) is 11.3 Å². The third-order valence-electron chi connectivity index (χ3n) is 3.40. The minimum Gasteiger partial charge on any atom is -0.455 e. The van der Waals surface area contributed by atoms with Gasteiger partial charge in [-0.25, -0.2) is 9.78 Å². The quantitative estimate of drug-likeness (QED) is 0.852. The van der Waals surface area contributed by atoms with Crippen LogP contribution in [0.3, 0.4) is 0 Å². The van der Waals surface area contributed by atoms with Gasteiger partial charge >= 0.3 is 5.97 Å². The lowest BCUT2D eigenvalue weighted by molar-refractivity contribution is -0.124. The zero-order valence-corrected chi connectivity index (χ0v) is 13.2. The van der Waals surface area contributed by atoms with E-state index in [1.165, 1.54) is 11.3 Å². The Morgan fingerprint density at radius 3 is 3.09 bits per heavy atom. The molecule has 2 heterocycles. The second-order valence-corrected chi connectivity index (χ2v) is 6.05. The van der Waals surface area contributed by atoms with Crippen LogP contribution in [0.15, 0.2) is 35.8 Å². The number of amides is 1. The molecule has 7 heteroatoms. The number of nitrogens with zero attached hydrogens (tertiary/aromatic N) is 1. The van der Waals surface area contributed by atoms with Gasteiger partial charge in [0.25, 0.3) is 5.91 Å². The van der Waals surface area contributed by atoms with Gasteiger partial charge in [-0.2, -0.15) is 0 Å². The van der Waals surface area contributed by atoms with Crippen LogP contribution >= 0.6 is 11.3 Å². The number of hydrogen-bond acceptors (Lipinski definition) is 6. The number of anilines is 1. The van der Waals surface area contributed by atoms with Crippen LogP contribution in [0.1, 0.15) is 28.2 Å². The van der Waals surface area contributed by atoms with Crippen molar-refractivity contribution < 1.29 is 19.1 Å². The van der Waals surface area contributed by atoms with E-state index in [1.807, 2.05) is 5.38 Å². The molecule has 6 nitrogen and oxygen atoms in total. The summed E-state index contributed by atoms with van der Waals surface area (Å²) in [5, 5.41) is 5.33. The molecule has 1 N–H and O–H groups in total. The number of carbonyl (C=O) groups excluding carboxylic acids is 2. The molecule has 3 rings (SSSR count). The van der Waals surface area contributed by atoms with Gasteiger partial charge in [0, 0.05) is 23.9 Å². The first-order chi connectivity index (χ1) is 11.2. The molecule has 1 fully saturated rings. The minimum atomic E-state index is -0.451. The largest absolute Gasteiger partial charge is 0.455 e. The summed E-state index contributed by atoms with van der Waals surface area (Å²) >= 11 is 1.43. The molecule has 1 aromatic heterocycles. The lowest BCUT2D eigenvalue weighted by Gasteiger charge is -2.11. The maximum absolute atomic E-state index is 12.1. The third kappa shape index (κ3) is 4.14. The van der Waals surface area contributed by atoms with Crippen LogP contribution in [0.4, 0.5) is 5.69 Å². The number of thiazole rings is 1. The zero-order valence-electron chi connectivity index (χ0n) is 12.4. The Kier molecular flexibility index (Phi) is 4.99. The number of carbonyl (C=O) groups is 2. The van der Waals surface area contributed by atoms with Crippen LogP contribution < -0.4 is 5.32 Å². The molecule has 0 radical (unpaired) electrons. The molecular formula is C16H16N2O4S. The molecule has 23 heavy (non-hydrogen) atoms. The van der Waals surface area contributed by atoms with E-state index < -0.39 is 12.1 Å². The smallest absolute Gasteiger partial charge is 0.338 e. The van der Waals surface area contributed by atoms with E-state index >= 15 is 0 Å². The van der Waals surface area contributed by atoms with Gasteiger partial charge < -0.3 is 14.8 Å². The van der Waals surface area contributed by atoms with Crippen LogP contribution in [-0.2, 0) is 20.9 Å². The molecule has 1 aliphatic rings. The molecule has 0 aliphatic carbocycles. The summed E-state index contributed by atoms with van der Waals surface area (Å²) in [5.41, 5.74) is 0.931. The Balaban J connectivity index is 1.59. The van der Waals surface area contributed by atoms with Gasteiger partial charge in [-0.3, -0.25) is 4.79 Å². The van der Waals surface area contributed by atoms with Crippen LogP contribution in [0.5, 0.6) is 0 Å². The zero-order chi connectivity index (χ0) is 16.1. The van der Waals surface area contributed by atoms with Gasteiger partial charge in [0.05, 0.1) is 5.56 Å². The number of aromatic nitrogens is 1. The molecule has 0 spiro atoms. The molecule has 1 saturated heterocycles. The topological polar surface area (TPSA) is 77.5 Å². The number of esters is 1. The number of hydrogen-bond donors (Lipinski definition) is 1. The monoisotopic (exact) mass is 332 g/mol. The predicted molar refractivity (Wildman–Crippen MR) is 85.3 cm³/mol. The SMILES string of the molecule is O=C(OCc1nccs1)c1cccc(NC(=O)[C@@H]2CCCO2)c1. The van der Waals surface area contributed by atoms with Crippen molar-refractivity contribution in [2.45, 2.75) is 25.6 Å². The molecule has 1 aromatic carbocycles. The fourth-order valence-corrected chi connectivity index (χ4v) is 2.79. The lowest BCUT2D eigenvalue weighted by Crippen LogP contribution is -2.26. The molecular weight excluding hydrogens is 316 g/mol. The number of rotatable bonds is 5. The van der Waals surface area contributed by atoms with Crippen LogP contribution in [0, 0.1) is 0 Å². The van der Waals surface area contributed by atoms with Crippen molar-refractivity contribution in [2.24, 2.45) is 0 Å². The number of nitrogens with one attached hydrogen (secondary N) is 1. The van der Waals surface area contributed by atoms with Crippen molar-refractivity contribution in [3.8, 4) is 0 Å². The molecule has 0 saturated carbocycles. The fraction of sp³-hybridized carbons (Fsp3) is 0.312. The highest BCUT2D eigenvalue weighted by Gasteiger charge is 2.23. The molecule has 1 atom stereocenters. The normalized spacial score (nSPS) is 17.0. The number of ether oxygens (including phenoxy) is 2. The van der Waals surface area contributed by atoms with Gasteiger partial charge in [-0.1, -0.05) is 6.07 Å². The third-order valence-corrected chi connectivity index (χ3v) is 4.15. The first kappa shape index (κ1) is 15.6. The van der Waals surface area contributed by atoms with Crippen molar-refractivity contribution in [2.75, 3.05) is 11.9 Å². The average molecular weight is 332 g/mol. The van der Waals surface area contributed by atoms with E-state index in [-0.39, 0.29) is 12.5 Å². The maximum atomic E-state index is 12.1. The van der Waals surface area contributed by atoms with Crippen LogP contribution in [0.25, 0.3) is 0 Å². The standard InChI is InChI=1S/C16H16N2O4S/c19-15(13-5-2-7-21-13)18-12-4-1-3-11(9-12)16(20)22-10-14-17-6-8-23-14/h1,3-4,6,8-9,13H,2,5,7,10H2,(H,18,19)/t13-/m0/s1. The Morgan fingerprint density at radius 1 is 1.43 bits per heavy atom. The Hall–Kier alpha value is -2.25. The van der Waals surface area contributed by atoms with Crippen molar-refractivity contribution in [3.05, 3.63) is 46.4 Å². The second-order valence-electron chi connectivity index (χ2n) is 5.07. The van der Waals surface area contributed by atoms with Crippen molar-refractivity contribution in [1.82, 2.24) is 4.98 Å². The average Bonchev–Trinajstić information content (AvgIpc) is 3.26. The summed E-state index contributed by atoms with van der Waals surface area (Å²) in [4.78, 5) is 28.1. The van der Waals surface area contributed by atoms with Gasteiger partial charge in [0.1, 0.15) is 17.7 Å². The van der Waals surface area contributed by atoms with Gasteiger partial charge in [0.2, 0.25) is 0 Å². The molecule has 120 valence electrons. The Bertz CT molecular complexity index is 681. The minimum absolute atomic E-state index is 0.142. The first-order valence-electron chi connectivity index (χ1n) is 7.30. The van der Waals surface area contributed by atoms with E-state index in [2.05, 4.69) is 10.3 Å². The first-order valence-corrected chi connectivity index (χ1v) is 8.18. The van der Waals surface area contributed by atoms with Crippen LogP contribution in [-0.4, -0.2) is 29.6 Å². The summed E-state index contributed by atoms with van der Waals surface area (Å²) in [7, 11) is 0. The lowest BCUT2D eigenvalue weighted by atomic mass is 10.2. The van der Waals surface area contributed by atoms with Gasteiger partial charge in [0.15, 0.2) is 0 Å². The summed E-state index contributed by atoms with van der Waals surface area (Å²) < 4.78 is 10.5. The highest BCUT2D eigenvalue weighted by Crippen LogP contribution is 2.17. The summed E-state index contributed by atoms with van der Waals surface area (Å²) in [6.45, 7) is 0.754. The highest BCUT2D eigenvalue weighted by atomic mass is 32.1. The Labute approximate surface area is 137 Å². The fourth-order valence-electron chi connectivity index (χ4n) is 2.27. The molecule has 1 aliphatic heterocycles. The van der Waals surface area contributed by atoms with E-state index in [4.69, 9.17) is 9.47 Å². The molecule has 1 amide bonds. The number of benzene rings is 1. The maximum Gasteiger partial charge on any atom is 0.338 e. The van der Waals surface area contributed by atoms with E-state index in [1.54, 1.807) is 30.5 Å². The summed E-state index contributed by atoms with van der Waals surface area (Å²) in [5.74, 6) is -0.635. The van der Waals surface area contributed by atoms with Crippen LogP contribution in [0.2, 0.25) is 0 Å². The predicted octanol–water partition coefficient (Wildman–Crippen LogP) is 2.62. The molecule has 0 bridgehead atoms. The van der Waals surface area contributed by atoms with Gasteiger partial charge in [-0.05, 0) is 31.0 Å². The summed E-state index contributed by atoms with van der Waals surface area (Å²) in [6, 6.07) is 6.67. The molecule has 0 unspecified atom stereocenters. The van der Waals surface area contributed by atoms with Crippen molar-refractivity contribution >= 4 is 28.9 Å². The van der Waals surface area contributed by atoms with Crippen molar-refractivity contribution in [1.29, 1.82) is 0 Å². The van der Waals surface area contributed by atoms with E-state index in [0.29, 0.717) is 17.9 Å². The van der Waals surface area contributed by atoms with E-state index in [9.17, 15) is 9.59 Å². The van der Waals surface area contributed by atoms with E-state index in [0.717, 1.165) is 17.8 Å². The molecule has 2 aromatic rings. The second kappa shape index (κ2) is 7.34. The highest BCUT2D eigenvalue weighted by molar-refractivity contribution is 7.09. The summed E-state index contributed by atoms with van der Waals surface area (Å²) in [6.07, 6.45) is 2.87. The Morgan fingerprint density at radius 2 is 2.35 bits per heavy atom.